The molecule has 0 aliphatic carbocycles. The molecule has 2 aromatic rings. The van der Waals surface area contributed by atoms with Crippen LogP contribution in [0.25, 0.3) is 0 Å². The fourth-order valence-corrected chi connectivity index (χ4v) is 1.98. The van der Waals surface area contributed by atoms with Gasteiger partial charge in [0.05, 0.1) is 12.8 Å². The molecule has 1 amide bonds. The summed E-state index contributed by atoms with van der Waals surface area (Å²) in [4.78, 5) is 23.5. The first kappa shape index (κ1) is 17.3. The molecule has 0 spiro atoms. The number of amides is 1. The second kappa shape index (κ2) is 8.57. The van der Waals surface area contributed by atoms with Gasteiger partial charge in [-0.1, -0.05) is 30.3 Å². The molecule has 0 atom stereocenters. The van der Waals surface area contributed by atoms with E-state index in [0.717, 1.165) is 5.56 Å². The molecule has 2 rings (SSSR count). The Morgan fingerprint density at radius 3 is 2.33 bits per heavy atom. The third-order valence-corrected chi connectivity index (χ3v) is 3.18. The number of carbonyl (C=O) groups excluding carboxylic acids is 2. The summed E-state index contributed by atoms with van der Waals surface area (Å²) in [6, 6.07) is 14.3. The third kappa shape index (κ3) is 5.01. The summed E-state index contributed by atoms with van der Waals surface area (Å²) in [7, 11) is 1.51. The number of rotatable bonds is 7. The molecule has 0 fully saturated rings. The lowest BCUT2D eigenvalue weighted by Crippen LogP contribution is -2.24. The second-order valence-electron chi connectivity index (χ2n) is 4.96. The van der Waals surface area contributed by atoms with Crippen LogP contribution in [0.5, 0.6) is 11.5 Å². The first-order valence-electron chi connectivity index (χ1n) is 7.37. The van der Waals surface area contributed by atoms with Crippen LogP contribution >= 0.6 is 0 Å². The minimum absolute atomic E-state index is 0.257. The summed E-state index contributed by atoms with van der Waals surface area (Å²) in [5.41, 5.74) is 1.43. The van der Waals surface area contributed by atoms with Crippen LogP contribution in [-0.4, -0.2) is 32.2 Å². The van der Waals surface area contributed by atoms with Crippen molar-refractivity contribution in [2.45, 2.75) is 6.92 Å². The highest BCUT2D eigenvalue weighted by Gasteiger charge is 2.11. The van der Waals surface area contributed by atoms with Gasteiger partial charge in [0.1, 0.15) is 11.5 Å². The minimum atomic E-state index is -0.617. The average molecular weight is 329 g/mol. The number of hydrogen-bond donors (Lipinski definition) is 1. The summed E-state index contributed by atoms with van der Waals surface area (Å²) in [6.07, 6.45) is 0. The number of nitrogens with one attached hydrogen (secondary N) is 1. The molecule has 0 unspecified atom stereocenters. The highest BCUT2D eigenvalue weighted by Crippen LogP contribution is 2.22. The van der Waals surface area contributed by atoms with Gasteiger partial charge in [-0.2, -0.15) is 0 Å². The van der Waals surface area contributed by atoms with Crippen molar-refractivity contribution in [2.24, 2.45) is 0 Å². The van der Waals surface area contributed by atoms with E-state index in [2.05, 4.69) is 5.32 Å². The van der Waals surface area contributed by atoms with Crippen molar-refractivity contribution in [3.8, 4) is 11.5 Å². The van der Waals surface area contributed by atoms with Gasteiger partial charge in [-0.3, -0.25) is 4.79 Å². The number of methoxy groups -OCH3 is 1. The van der Waals surface area contributed by atoms with Crippen molar-refractivity contribution in [2.75, 3.05) is 25.6 Å². The van der Waals surface area contributed by atoms with Gasteiger partial charge in [-0.05, 0) is 30.7 Å². The van der Waals surface area contributed by atoms with Crippen LogP contribution in [0.2, 0.25) is 0 Å². The number of aryl methyl sites for hydroxylation is 1. The van der Waals surface area contributed by atoms with Crippen molar-refractivity contribution in [1.29, 1.82) is 0 Å². The second-order valence-corrected chi connectivity index (χ2v) is 4.96. The summed E-state index contributed by atoms with van der Waals surface area (Å²) < 4.78 is 15.4. The fourth-order valence-electron chi connectivity index (χ4n) is 1.98. The predicted octanol–water partition coefficient (Wildman–Crippen LogP) is 2.56. The van der Waals surface area contributed by atoms with E-state index in [-0.39, 0.29) is 6.61 Å². The topological polar surface area (TPSA) is 73.9 Å². The van der Waals surface area contributed by atoms with E-state index in [1.807, 2.05) is 25.1 Å². The molecule has 1 N–H and O–H groups in total. The average Bonchev–Trinajstić information content (AvgIpc) is 2.59. The van der Waals surface area contributed by atoms with E-state index in [4.69, 9.17) is 14.2 Å². The normalized spacial score (nSPS) is 9.92. The Labute approximate surface area is 140 Å². The molecule has 2 aromatic carbocycles. The summed E-state index contributed by atoms with van der Waals surface area (Å²) in [6.45, 7) is 1.22. The molecule has 0 aromatic heterocycles. The molecule has 24 heavy (non-hydrogen) atoms. The fraction of sp³-hybridized carbons (Fsp3) is 0.222. The zero-order chi connectivity index (χ0) is 17.4. The molecule has 0 aliphatic rings. The molecular formula is C18H19NO5. The summed E-state index contributed by atoms with van der Waals surface area (Å²) >= 11 is 0. The molecule has 0 aliphatic heterocycles. The van der Waals surface area contributed by atoms with E-state index in [1.54, 1.807) is 30.3 Å². The molecule has 0 saturated heterocycles. The lowest BCUT2D eigenvalue weighted by atomic mass is 10.2. The first-order chi connectivity index (χ1) is 11.6. The molecular weight excluding hydrogens is 310 g/mol. The maximum Gasteiger partial charge on any atom is 0.344 e. The van der Waals surface area contributed by atoms with Crippen LogP contribution in [0.1, 0.15) is 5.56 Å². The molecule has 6 nitrogen and oxygen atoms in total. The quantitative estimate of drug-likeness (QED) is 0.790. The smallest absolute Gasteiger partial charge is 0.344 e. The van der Waals surface area contributed by atoms with Crippen molar-refractivity contribution in [3.63, 3.8) is 0 Å². The SMILES string of the molecule is COc1ccccc1NC(=O)COC(=O)COc1ccccc1C. The van der Waals surface area contributed by atoms with Crippen molar-refractivity contribution in [3.05, 3.63) is 54.1 Å². The van der Waals surface area contributed by atoms with Crippen LogP contribution in [0.15, 0.2) is 48.5 Å². The molecule has 126 valence electrons. The molecule has 0 heterocycles. The van der Waals surface area contributed by atoms with E-state index >= 15 is 0 Å². The van der Waals surface area contributed by atoms with Gasteiger partial charge in [0, 0.05) is 0 Å². The number of esters is 1. The summed E-state index contributed by atoms with van der Waals surface area (Å²) in [5.74, 6) is 0.0603. The molecule has 0 bridgehead atoms. The number of para-hydroxylation sites is 3. The van der Waals surface area contributed by atoms with Gasteiger partial charge in [0.25, 0.3) is 5.91 Å². The van der Waals surface area contributed by atoms with E-state index in [9.17, 15) is 9.59 Å². The Morgan fingerprint density at radius 1 is 0.958 bits per heavy atom. The number of carbonyl (C=O) groups is 2. The Balaban J connectivity index is 1.77. The van der Waals surface area contributed by atoms with Crippen LogP contribution in [0.3, 0.4) is 0 Å². The van der Waals surface area contributed by atoms with E-state index in [1.165, 1.54) is 7.11 Å². The van der Waals surface area contributed by atoms with Crippen LogP contribution < -0.4 is 14.8 Å². The monoisotopic (exact) mass is 329 g/mol. The Morgan fingerprint density at radius 2 is 1.62 bits per heavy atom. The lowest BCUT2D eigenvalue weighted by Gasteiger charge is -2.11. The molecule has 6 heteroatoms. The Hall–Kier alpha value is -3.02. The summed E-state index contributed by atoms with van der Waals surface area (Å²) in [5, 5.41) is 2.62. The van der Waals surface area contributed by atoms with Gasteiger partial charge < -0.3 is 19.5 Å². The molecule has 0 saturated carbocycles. The maximum atomic E-state index is 11.8. The van der Waals surface area contributed by atoms with Crippen molar-refractivity contribution >= 4 is 17.6 Å². The predicted molar refractivity (Wildman–Crippen MR) is 89.3 cm³/mol. The number of ether oxygens (including phenoxy) is 3. The zero-order valence-electron chi connectivity index (χ0n) is 13.6. The molecule has 0 radical (unpaired) electrons. The van der Waals surface area contributed by atoms with Crippen molar-refractivity contribution < 1.29 is 23.8 Å². The van der Waals surface area contributed by atoms with Gasteiger partial charge in [-0.15, -0.1) is 0 Å². The highest BCUT2D eigenvalue weighted by atomic mass is 16.6. The highest BCUT2D eigenvalue weighted by molar-refractivity contribution is 5.94. The number of benzene rings is 2. The van der Waals surface area contributed by atoms with Gasteiger partial charge in [-0.25, -0.2) is 4.79 Å². The van der Waals surface area contributed by atoms with Crippen LogP contribution in [0, 0.1) is 6.92 Å². The van der Waals surface area contributed by atoms with Crippen molar-refractivity contribution in [1.82, 2.24) is 0 Å². The largest absolute Gasteiger partial charge is 0.495 e. The Kier molecular flexibility index (Phi) is 6.19. The van der Waals surface area contributed by atoms with Gasteiger partial charge >= 0.3 is 5.97 Å². The first-order valence-corrected chi connectivity index (χ1v) is 7.37. The zero-order valence-corrected chi connectivity index (χ0v) is 13.6. The van der Waals surface area contributed by atoms with Crippen LogP contribution in [-0.2, 0) is 14.3 Å². The third-order valence-electron chi connectivity index (χ3n) is 3.18. The van der Waals surface area contributed by atoms with Crippen LogP contribution in [0.4, 0.5) is 5.69 Å². The number of hydrogen-bond acceptors (Lipinski definition) is 5. The maximum absolute atomic E-state index is 11.8. The Bertz CT molecular complexity index is 714. The minimum Gasteiger partial charge on any atom is -0.495 e. The van der Waals surface area contributed by atoms with Gasteiger partial charge in [0.2, 0.25) is 0 Å². The number of anilines is 1. The standard InChI is InChI=1S/C18H19NO5/c1-13-7-3-5-9-15(13)23-12-18(21)24-11-17(20)19-14-8-4-6-10-16(14)22-2/h3-10H,11-12H2,1-2H3,(H,19,20). The lowest BCUT2D eigenvalue weighted by molar-refractivity contribution is -0.149. The van der Waals surface area contributed by atoms with E-state index < -0.39 is 18.5 Å². The van der Waals surface area contributed by atoms with Gasteiger partial charge in [0.15, 0.2) is 13.2 Å². The van der Waals surface area contributed by atoms with E-state index in [0.29, 0.717) is 17.2 Å².